The van der Waals surface area contributed by atoms with Crippen molar-refractivity contribution in [3.8, 4) is 17.3 Å². The second-order valence-electron chi connectivity index (χ2n) is 7.17. The average molecular weight is 341 g/mol. The van der Waals surface area contributed by atoms with E-state index >= 15 is 0 Å². The molecule has 0 N–H and O–H groups in total. The molecule has 2 aromatic carbocycles. The number of aryl methyl sites for hydroxylation is 2. The van der Waals surface area contributed by atoms with Crippen molar-refractivity contribution in [1.82, 2.24) is 0 Å². The Morgan fingerprint density at radius 3 is 2.58 bits per heavy atom. The number of benzene rings is 2. The van der Waals surface area contributed by atoms with E-state index in [1.54, 1.807) is 0 Å². The number of hydrogen-bond acceptors (Lipinski definition) is 2. The summed E-state index contributed by atoms with van der Waals surface area (Å²) in [4.78, 5) is 0. The van der Waals surface area contributed by atoms with Gasteiger partial charge in [0.2, 0.25) is 5.69 Å². The van der Waals surface area contributed by atoms with Crippen molar-refractivity contribution in [2.24, 2.45) is 7.05 Å². The monoisotopic (exact) mass is 341 g/mol. The third-order valence-corrected chi connectivity index (χ3v) is 5.03. The summed E-state index contributed by atoms with van der Waals surface area (Å²) in [5.74, 6) is 0.309. The zero-order valence-electron chi connectivity index (χ0n) is 15.5. The smallest absolute Gasteiger partial charge is 0.212 e. The van der Waals surface area contributed by atoms with Crippen molar-refractivity contribution < 1.29 is 8.98 Å². The van der Waals surface area contributed by atoms with Gasteiger partial charge in [0.05, 0.1) is 11.6 Å². The van der Waals surface area contributed by atoms with Gasteiger partial charge in [-0.05, 0) is 54.3 Å². The summed E-state index contributed by atoms with van der Waals surface area (Å²) in [5, 5.41) is 11.6. The van der Waals surface area contributed by atoms with Crippen LogP contribution in [0.1, 0.15) is 36.5 Å². The van der Waals surface area contributed by atoms with Crippen LogP contribution in [0.15, 0.2) is 53.1 Å². The molecular weight excluding hydrogens is 320 g/mol. The number of nitrogens with zero attached hydrogens (tertiary/aromatic N) is 2. The van der Waals surface area contributed by atoms with Crippen LogP contribution >= 0.6 is 0 Å². The Hall–Kier alpha value is -3.12. The predicted octanol–water partition coefficient (Wildman–Crippen LogP) is 5.38. The maximum Gasteiger partial charge on any atom is 0.212 e. The summed E-state index contributed by atoms with van der Waals surface area (Å²) in [7, 11) is 2.06. The lowest BCUT2D eigenvalue weighted by atomic mass is 9.93. The summed E-state index contributed by atoms with van der Waals surface area (Å²) in [6.07, 6.45) is 2.06. The van der Waals surface area contributed by atoms with Gasteiger partial charge in [-0.25, -0.2) is 4.57 Å². The van der Waals surface area contributed by atoms with Crippen LogP contribution in [-0.2, 0) is 7.05 Å². The second-order valence-corrected chi connectivity index (χ2v) is 7.17. The third kappa shape index (κ3) is 2.46. The molecule has 3 nitrogen and oxygen atoms in total. The van der Waals surface area contributed by atoms with E-state index in [-0.39, 0.29) is 0 Å². The number of nitriles is 1. The Kier molecular flexibility index (Phi) is 3.77. The predicted molar refractivity (Wildman–Crippen MR) is 104 cm³/mol. The number of hydrogen-bond donors (Lipinski definition) is 0. The average Bonchev–Trinajstić information content (AvgIpc) is 2.97. The fourth-order valence-electron chi connectivity index (χ4n) is 3.68. The Labute approximate surface area is 153 Å². The van der Waals surface area contributed by atoms with E-state index in [2.05, 4.69) is 68.9 Å². The molecule has 0 bridgehead atoms. The zero-order valence-corrected chi connectivity index (χ0v) is 15.5. The highest BCUT2D eigenvalue weighted by molar-refractivity contribution is 6.08. The molecular formula is C23H21N2O+. The fraction of sp³-hybridized carbons (Fsp3) is 0.217. The second kappa shape index (κ2) is 6.00. The highest BCUT2D eigenvalue weighted by atomic mass is 16.3. The van der Waals surface area contributed by atoms with Crippen LogP contribution < -0.4 is 4.57 Å². The van der Waals surface area contributed by atoms with Gasteiger partial charge in [0.15, 0.2) is 6.20 Å². The van der Waals surface area contributed by atoms with Gasteiger partial charge in [-0.2, -0.15) is 5.26 Å². The number of pyridine rings is 1. The van der Waals surface area contributed by atoms with Crippen LogP contribution in [-0.4, -0.2) is 0 Å². The van der Waals surface area contributed by atoms with Crippen LogP contribution in [0.3, 0.4) is 0 Å². The Morgan fingerprint density at radius 1 is 1.08 bits per heavy atom. The number of rotatable bonds is 2. The molecule has 3 heteroatoms. The molecule has 26 heavy (non-hydrogen) atoms. The van der Waals surface area contributed by atoms with E-state index in [1.807, 2.05) is 18.2 Å². The molecule has 0 aliphatic heterocycles. The lowest BCUT2D eigenvalue weighted by molar-refractivity contribution is -0.660. The van der Waals surface area contributed by atoms with Crippen LogP contribution in [0, 0.1) is 18.3 Å². The van der Waals surface area contributed by atoms with E-state index in [0.717, 1.165) is 27.5 Å². The highest BCUT2D eigenvalue weighted by Crippen LogP contribution is 2.38. The standard InChI is InChI=1S/C23H21N2O/c1-14(2)17-10-16(13-24)11-22-23(17)19-12-18(15(3)9-21(19)26-22)20-7-5-6-8-25(20)4/h5-12,14H,1-4H3/q+1. The van der Waals surface area contributed by atoms with Crippen molar-refractivity contribution in [3.05, 3.63) is 65.4 Å². The molecule has 2 aromatic heterocycles. The van der Waals surface area contributed by atoms with Gasteiger partial charge in [0.1, 0.15) is 18.2 Å². The number of furan rings is 1. The zero-order chi connectivity index (χ0) is 18.4. The first-order valence-corrected chi connectivity index (χ1v) is 8.85. The van der Waals surface area contributed by atoms with E-state index in [4.69, 9.17) is 4.42 Å². The Bertz CT molecular complexity index is 1190. The first kappa shape index (κ1) is 16.4. The molecule has 0 aliphatic rings. The van der Waals surface area contributed by atoms with Crippen molar-refractivity contribution >= 4 is 21.9 Å². The maximum absolute atomic E-state index is 9.35. The minimum Gasteiger partial charge on any atom is -0.456 e. The van der Waals surface area contributed by atoms with Crippen LogP contribution in [0.2, 0.25) is 0 Å². The SMILES string of the molecule is Cc1cc2oc3cc(C#N)cc(C(C)C)c3c2cc1-c1cccc[n+]1C. The van der Waals surface area contributed by atoms with E-state index in [9.17, 15) is 5.26 Å². The topological polar surface area (TPSA) is 40.8 Å². The lowest BCUT2D eigenvalue weighted by Gasteiger charge is -2.08. The molecule has 0 fully saturated rings. The van der Waals surface area contributed by atoms with Crippen molar-refractivity contribution in [3.63, 3.8) is 0 Å². The molecule has 0 spiro atoms. The fourth-order valence-corrected chi connectivity index (χ4v) is 3.68. The van der Waals surface area contributed by atoms with Crippen molar-refractivity contribution in [1.29, 1.82) is 5.26 Å². The minimum atomic E-state index is 0.309. The molecule has 4 aromatic rings. The molecule has 0 amide bonds. The van der Waals surface area contributed by atoms with Crippen LogP contribution in [0.5, 0.6) is 0 Å². The molecule has 0 atom stereocenters. The van der Waals surface area contributed by atoms with Crippen LogP contribution in [0.4, 0.5) is 0 Å². The number of aromatic nitrogens is 1. The first-order valence-electron chi connectivity index (χ1n) is 8.85. The normalized spacial score (nSPS) is 11.4. The summed E-state index contributed by atoms with van der Waals surface area (Å²) in [5.41, 5.74) is 7.00. The van der Waals surface area contributed by atoms with Gasteiger partial charge in [-0.1, -0.05) is 13.8 Å². The molecule has 0 radical (unpaired) electrons. The summed E-state index contributed by atoms with van der Waals surface area (Å²) < 4.78 is 8.26. The molecule has 2 heterocycles. The molecule has 0 unspecified atom stereocenters. The van der Waals surface area contributed by atoms with Gasteiger partial charge < -0.3 is 4.42 Å². The largest absolute Gasteiger partial charge is 0.456 e. The lowest BCUT2D eigenvalue weighted by Crippen LogP contribution is -2.30. The van der Waals surface area contributed by atoms with Gasteiger partial charge >= 0.3 is 0 Å². The van der Waals surface area contributed by atoms with Gasteiger partial charge in [-0.3, -0.25) is 0 Å². The summed E-state index contributed by atoms with van der Waals surface area (Å²) in [6.45, 7) is 6.42. The maximum atomic E-state index is 9.35. The first-order chi connectivity index (χ1) is 12.5. The summed E-state index contributed by atoms with van der Waals surface area (Å²) >= 11 is 0. The molecule has 0 saturated heterocycles. The van der Waals surface area contributed by atoms with Gasteiger partial charge in [-0.15, -0.1) is 0 Å². The molecule has 128 valence electrons. The van der Waals surface area contributed by atoms with Gasteiger partial charge in [0, 0.05) is 28.5 Å². The quantitative estimate of drug-likeness (QED) is 0.459. The minimum absolute atomic E-state index is 0.309. The third-order valence-electron chi connectivity index (χ3n) is 5.03. The number of fused-ring (bicyclic) bond motifs is 3. The molecule has 0 saturated carbocycles. The van der Waals surface area contributed by atoms with Crippen molar-refractivity contribution in [2.75, 3.05) is 0 Å². The highest BCUT2D eigenvalue weighted by Gasteiger charge is 2.19. The van der Waals surface area contributed by atoms with Crippen molar-refractivity contribution in [2.45, 2.75) is 26.7 Å². The summed E-state index contributed by atoms with van der Waals surface area (Å²) in [6, 6.07) is 16.6. The van der Waals surface area contributed by atoms with E-state index < -0.39 is 0 Å². The molecule has 4 rings (SSSR count). The van der Waals surface area contributed by atoms with E-state index in [0.29, 0.717) is 11.5 Å². The Morgan fingerprint density at radius 2 is 1.88 bits per heavy atom. The van der Waals surface area contributed by atoms with Crippen LogP contribution in [0.25, 0.3) is 33.2 Å². The van der Waals surface area contributed by atoms with Gasteiger partial charge in [0.25, 0.3) is 0 Å². The van der Waals surface area contributed by atoms with E-state index in [1.165, 1.54) is 16.8 Å². The molecule has 0 aliphatic carbocycles. The Balaban J connectivity index is 2.11.